The lowest BCUT2D eigenvalue weighted by atomic mass is 10.1. The minimum Gasteiger partial charge on any atom is -0.378 e. The van der Waals surface area contributed by atoms with E-state index in [9.17, 15) is 4.79 Å². The van der Waals surface area contributed by atoms with Crippen molar-refractivity contribution in [2.45, 2.75) is 6.92 Å². The van der Waals surface area contributed by atoms with E-state index in [2.05, 4.69) is 35.5 Å². The van der Waals surface area contributed by atoms with Crippen molar-refractivity contribution in [3.8, 4) is 11.3 Å². The number of carbonyl (C=O) groups excluding carboxylic acids is 1. The van der Waals surface area contributed by atoms with Gasteiger partial charge in [-0.25, -0.2) is 15.0 Å². The number of nitrogens with two attached hydrogens (primary N) is 1. The molecule has 1 fully saturated rings. The first-order valence-corrected chi connectivity index (χ1v) is 11.3. The summed E-state index contributed by atoms with van der Waals surface area (Å²) in [6.07, 6.45) is 3.42. The van der Waals surface area contributed by atoms with Crippen LogP contribution < -0.4 is 21.3 Å². The molecule has 11 nitrogen and oxygen atoms in total. The van der Waals surface area contributed by atoms with E-state index in [1.807, 2.05) is 42.8 Å². The first kappa shape index (κ1) is 22.5. The fourth-order valence-corrected chi connectivity index (χ4v) is 4.28. The summed E-state index contributed by atoms with van der Waals surface area (Å²) in [7, 11) is 3.65. The summed E-state index contributed by atoms with van der Waals surface area (Å²) in [5, 5.41) is 6.27. The monoisotopic (exact) mass is 473 g/mol. The third-order valence-corrected chi connectivity index (χ3v) is 6.05. The van der Waals surface area contributed by atoms with Gasteiger partial charge in [0.2, 0.25) is 0 Å². The molecule has 0 bridgehead atoms. The highest BCUT2D eigenvalue weighted by molar-refractivity contribution is 6.00. The van der Waals surface area contributed by atoms with Crippen molar-refractivity contribution in [1.29, 1.82) is 0 Å². The standard InChI is InChI=1S/C24H27N9O2/c1-14-21-18(28-13-32(21)3)17(12-27-14)19-23(26-2)31-24(20(30-19)22(25)34)29-15-4-6-16(7-5-15)33-8-10-35-11-9-33/h4-7,12-13H,8-11H2,1-3H3,(H2,25,34)(H2,26,29,31). The lowest BCUT2D eigenvalue weighted by Gasteiger charge is -2.29. The number of rotatable bonds is 6. The molecule has 0 atom stereocenters. The van der Waals surface area contributed by atoms with Crippen LogP contribution in [0.1, 0.15) is 16.2 Å². The van der Waals surface area contributed by atoms with Crippen LogP contribution in [0.2, 0.25) is 0 Å². The Bertz CT molecular complexity index is 1390. The lowest BCUT2D eigenvalue weighted by Crippen LogP contribution is -2.36. The van der Waals surface area contributed by atoms with Crippen molar-refractivity contribution in [2.24, 2.45) is 12.8 Å². The SMILES string of the molecule is CNc1nc(Nc2ccc(N3CCOCC3)cc2)c(C(N)=O)nc1-c1cnc(C)c2c1ncn2C. The largest absolute Gasteiger partial charge is 0.378 e. The molecule has 0 unspecified atom stereocenters. The summed E-state index contributed by atoms with van der Waals surface area (Å²) in [6.45, 7) is 5.07. The topological polar surface area (TPSA) is 136 Å². The van der Waals surface area contributed by atoms with Crippen molar-refractivity contribution in [1.82, 2.24) is 24.5 Å². The summed E-state index contributed by atoms with van der Waals surface area (Å²) >= 11 is 0. The van der Waals surface area contributed by atoms with Crippen LogP contribution in [0.3, 0.4) is 0 Å². The fourth-order valence-electron chi connectivity index (χ4n) is 4.28. The van der Waals surface area contributed by atoms with E-state index in [-0.39, 0.29) is 11.5 Å². The number of fused-ring (bicyclic) bond motifs is 1. The van der Waals surface area contributed by atoms with Gasteiger partial charge in [0.1, 0.15) is 11.2 Å². The average Bonchev–Trinajstić information content (AvgIpc) is 3.27. The van der Waals surface area contributed by atoms with Gasteiger partial charge in [-0.3, -0.25) is 9.78 Å². The molecule has 3 aromatic heterocycles. The molecule has 180 valence electrons. The second kappa shape index (κ2) is 9.18. The molecule has 1 aromatic carbocycles. The number of amides is 1. The number of hydrogen-bond donors (Lipinski definition) is 3. The highest BCUT2D eigenvalue weighted by atomic mass is 16.5. The lowest BCUT2D eigenvalue weighted by molar-refractivity contribution is 0.0996. The number of benzene rings is 1. The number of morpholine rings is 1. The van der Waals surface area contributed by atoms with E-state index >= 15 is 0 Å². The molecular formula is C24H27N9O2. The van der Waals surface area contributed by atoms with Gasteiger partial charge in [0.05, 0.1) is 36.3 Å². The molecule has 1 aliphatic heterocycles. The summed E-state index contributed by atoms with van der Waals surface area (Å²) in [4.78, 5) is 33.0. The van der Waals surface area contributed by atoms with Crippen LogP contribution in [0.25, 0.3) is 22.3 Å². The van der Waals surface area contributed by atoms with E-state index in [1.165, 1.54) is 0 Å². The van der Waals surface area contributed by atoms with Crippen LogP contribution in [-0.4, -0.2) is 63.8 Å². The zero-order valence-corrected chi connectivity index (χ0v) is 19.9. The fraction of sp³-hybridized carbons (Fsp3) is 0.292. The van der Waals surface area contributed by atoms with Gasteiger partial charge in [-0.15, -0.1) is 0 Å². The third-order valence-electron chi connectivity index (χ3n) is 6.05. The molecule has 4 N–H and O–H groups in total. The zero-order valence-electron chi connectivity index (χ0n) is 19.9. The average molecular weight is 474 g/mol. The van der Waals surface area contributed by atoms with Gasteiger partial charge >= 0.3 is 0 Å². The molecule has 0 saturated carbocycles. The maximum absolute atomic E-state index is 12.4. The van der Waals surface area contributed by atoms with Crippen LogP contribution in [0.15, 0.2) is 36.8 Å². The van der Waals surface area contributed by atoms with Gasteiger partial charge in [0.25, 0.3) is 5.91 Å². The number of pyridine rings is 1. The second-order valence-corrected chi connectivity index (χ2v) is 8.31. The first-order chi connectivity index (χ1) is 17.0. The normalized spacial score (nSPS) is 13.7. The summed E-state index contributed by atoms with van der Waals surface area (Å²) in [6, 6.07) is 7.92. The Morgan fingerprint density at radius 3 is 2.51 bits per heavy atom. The molecule has 0 spiro atoms. The predicted octanol–water partition coefficient (Wildman–Crippen LogP) is 2.45. The molecule has 4 aromatic rings. The van der Waals surface area contributed by atoms with Gasteiger partial charge in [-0.05, 0) is 31.2 Å². The minimum absolute atomic E-state index is 0.0286. The van der Waals surface area contributed by atoms with E-state index < -0.39 is 5.91 Å². The van der Waals surface area contributed by atoms with Crippen molar-refractivity contribution < 1.29 is 9.53 Å². The van der Waals surface area contributed by atoms with Gasteiger partial charge < -0.3 is 30.6 Å². The highest BCUT2D eigenvalue weighted by Gasteiger charge is 2.22. The van der Waals surface area contributed by atoms with E-state index in [1.54, 1.807) is 19.6 Å². The number of aryl methyl sites for hydroxylation is 2. The number of ether oxygens (including phenoxy) is 1. The van der Waals surface area contributed by atoms with Crippen LogP contribution >= 0.6 is 0 Å². The van der Waals surface area contributed by atoms with Crippen molar-refractivity contribution in [2.75, 3.05) is 48.9 Å². The minimum atomic E-state index is -0.689. The molecule has 5 rings (SSSR count). The first-order valence-electron chi connectivity index (χ1n) is 11.3. The van der Waals surface area contributed by atoms with Gasteiger partial charge in [-0.1, -0.05) is 0 Å². The maximum Gasteiger partial charge on any atom is 0.271 e. The number of carbonyl (C=O) groups is 1. The van der Waals surface area contributed by atoms with E-state index in [4.69, 9.17) is 10.5 Å². The van der Waals surface area contributed by atoms with Crippen molar-refractivity contribution in [3.05, 3.63) is 48.2 Å². The van der Waals surface area contributed by atoms with Crippen LogP contribution in [-0.2, 0) is 11.8 Å². The Hall–Kier alpha value is -4.25. The maximum atomic E-state index is 12.4. The van der Waals surface area contributed by atoms with Crippen LogP contribution in [0, 0.1) is 6.92 Å². The summed E-state index contributed by atoms with van der Waals surface area (Å²) in [5.74, 6) is 0.0493. The number of primary amides is 1. The van der Waals surface area contributed by atoms with E-state index in [0.717, 1.165) is 54.4 Å². The Labute approximate surface area is 202 Å². The van der Waals surface area contributed by atoms with Crippen LogP contribution in [0.5, 0.6) is 0 Å². The number of nitrogens with zero attached hydrogens (tertiary/aromatic N) is 6. The third kappa shape index (κ3) is 4.21. The Balaban J connectivity index is 1.53. The Morgan fingerprint density at radius 1 is 1.09 bits per heavy atom. The molecule has 0 aliphatic carbocycles. The molecule has 0 radical (unpaired) electrons. The number of nitrogens with one attached hydrogen (secondary N) is 2. The van der Waals surface area contributed by atoms with Crippen molar-refractivity contribution in [3.63, 3.8) is 0 Å². The highest BCUT2D eigenvalue weighted by Crippen LogP contribution is 2.33. The Morgan fingerprint density at radius 2 is 1.83 bits per heavy atom. The summed E-state index contributed by atoms with van der Waals surface area (Å²) in [5.41, 5.74) is 11.2. The van der Waals surface area contributed by atoms with Gasteiger partial charge in [0.15, 0.2) is 17.3 Å². The predicted molar refractivity (Wildman–Crippen MR) is 135 cm³/mol. The van der Waals surface area contributed by atoms with Gasteiger partial charge in [0, 0.05) is 44.8 Å². The smallest absolute Gasteiger partial charge is 0.271 e. The molecule has 11 heteroatoms. The molecule has 1 saturated heterocycles. The molecule has 35 heavy (non-hydrogen) atoms. The molecule has 1 aliphatic rings. The van der Waals surface area contributed by atoms with Crippen molar-refractivity contribution >= 4 is 40.0 Å². The number of imidazole rings is 1. The molecule has 4 heterocycles. The van der Waals surface area contributed by atoms with E-state index in [0.29, 0.717) is 17.1 Å². The number of aromatic nitrogens is 5. The van der Waals surface area contributed by atoms with Gasteiger partial charge in [-0.2, -0.15) is 0 Å². The number of hydrogen-bond acceptors (Lipinski definition) is 9. The Kier molecular flexibility index (Phi) is 5.91. The molecular weight excluding hydrogens is 446 g/mol. The summed E-state index contributed by atoms with van der Waals surface area (Å²) < 4.78 is 7.33. The number of anilines is 4. The zero-order chi connectivity index (χ0) is 24.5. The molecule has 1 amide bonds. The quantitative estimate of drug-likeness (QED) is 0.386. The second-order valence-electron chi connectivity index (χ2n) is 8.31. The van der Waals surface area contributed by atoms with Crippen LogP contribution in [0.4, 0.5) is 23.0 Å².